The number of ether oxygens (including phenoxy) is 1. The average molecular weight is 337 g/mol. The topological polar surface area (TPSA) is 68.3 Å². The molecule has 0 fully saturated rings. The average Bonchev–Trinajstić information content (AvgIpc) is 3.01. The maximum absolute atomic E-state index is 11.9. The van der Waals surface area contributed by atoms with Gasteiger partial charge in [-0.3, -0.25) is 4.79 Å². The van der Waals surface area contributed by atoms with E-state index in [1.807, 2.05) is 17.5 Å². The lowest BCUT2D eigenvalue weighted by Crippen LogP contribution is -2.29. The van der Waals surface area contributed by atoms with Crippen molar-refractivity contribution in [3.05, 3.63) is 51.8 Å². The van der Waals surface area contributed by atoms with Crippen LogP contribution in [0.3, 0.4) is 0 Å². The lowest BCUT2D eigenvalue weighted by molar-refractivity contribution is -0.148. The molecule has 7 heteroatoms. The Labute approximate surface area is 136 Å². The first-order valence-corrected chi connectivity index (χ1v) is 7.65. The molecule has 0 aliphatic carbocycles. The molecule has 2 aromatic heterocycles. The third-order valence-electron chi connectivity index (χ3n) is 2.57. The molecule has 22 heavy (non-hydrogen) atoms. The van der Waals surface area contributed by atoms with E-state index in [0.717, 1.165) is 4.88 Å². The van der Waals surface area contributed by atoms with Crippen LogP contribution in [0.25, 0.3) is 6.08 Å². The predicted molar refractivity (Wildman–Crippen MR) is 86.8 cm³/mol. The van der Waals surface area contributed by atoms with E-state index in [4.69, 9.17) is 16.3 Å². The SMILES string of the molecule is CC(OC(=O)/C=C/c1cccs1)C(=O)Nc1ccc(Cl)cn1. The summed E-state index contributed by atoms with van der Waals surface area (Å²) in [7, 11) is 0. The number of pyridine rings is 1. The van der Waals surface area contributed by atoms with Gasteiger partial charge in [-0.25, -0.2) is 9.78 Å². The fraction of sp³-hybridized carbons (Fsp3) is 0.133. The number of hydrogen-bond acceptors (Lipinski definition) is 5. The number of carbonyl (C=O) groups is 2. The molecule has 2 aromatic rings. The summed E-state index contributed by atoms with van der Waals surface area (Å²) in [4.78, 5) is 28.4. The second-order valence-corrected chi connectivity index (χ2v) is 5.69. The lowest BCUT2D eigenvalue weighted by Gasteiger charge is -2.11. The number of hydrogen-bond donors (Lipinski definition) is 1. The van der Waals surface area contributed by atoms with Crippen LogP contribution in [0.2, 0.25) is 5.02 Å². The molecule has 0 aliphatic rings. The van der Waals surface area contributed by atoms with Crippen LogP contribution >= 0.6 is 22.9 Å². The minimum Gasteiger partial charge on any atom is -0.449 e. The van der Waals surface area contributed by atoms with E-state index in [0.29, 0.717) is 10.8 Å². The maximum atomic E-state index is 11.9. The Kier molecular flexibility index (Phi) is 5.68. The van der Waals surface area contributed by atoms with Crippen molar-refractivity contribution in [2.24, 2.45) is 0 Å². The van der Waals surface area contributed by atoms with Gasteiger partial charge in [0.1, 0.15) is 5.82 Å². The second-order valence-electron chi connectivity index (χ2n) is 4.28. The number of anilines is 1. The highest BCUT2D eigenvalue weighted by molar-refractivity contribution is 7.10. The number of nitrogens with one attached hydrogen (secondary N) is 1. The molecule has 0 spiro atoms. The van der Waals surface area contributed by atoms with Gasteiger partial charge < -0.3 is 10.1 Å². The van der Waals surface area contributed by atoms with Crippen molar-refractivity contribution in [2.75, 3.05) is 5.32 Å². The van der Waals surface area contributed by atoms with E-state index in [1.165, 1.54) is 30.5 Å². The minimum atomic E-state index is -0.932. The van der Waals surface area contributed by atoms with Crippen molar-refractivity contribution in [2.45, 2.75) is 13.0 Å². The molecule has 0 saturated carbocycles. The normalized spacial score (nSPS) is 12.1. The lowest BCUT2D eigenvalue weighted by atomic mass is 10.3. The molecule has 0 saturated heterocycles. The molecule has 1 N–H and O–H groups in total. The highest BCUT2D eigenvalue weighted by Crippen LogP contribution is 2.11. The summed E-state index contributed by atoms with van der Waals surface area (Å²) in [5.41, 5.74) is 0. The summed E-state index contributed by atoms with van der Waals surface area (Å²) in [5.74, 6) is -0.709. The van der Waals surface area contributed by atoms with Crippen molar-refractivity contribution >= 4 is 46.7 Å². The van der Waals surface area contributed by atoms with Gasteiger partial charge >= 0.3 is 5.97 Å². The van der Waals surface area contributed by atoms with Crippen LogP contribution in [0.15, 0.2) is 41.9 Å². The molecular weight excluding hydrogens is 324 g/mol. The number of halogens is 1. The number of rotatable bonds is 5. The Hall–Kier alpha value is -2.18. The van der Waals surface area contributed by atoms with Gasteiger partial charge in [0.05, 0.1) is 5.02 Å². The third-order valence-corrected chi connectivity index (χ3v) is 3.63. The standard InChI is InChI=1S/C15H13ClN2O3S/c1-10(15(20)18-13-6-4-11(16)9-17-13)21-14(19)7-5-12-3-2-8-22-12/h2-10H,1H3,(H,17,18,20)/b7-5+. The molecular formula is C15H13ClN2O3S. The molecule has 0 aliphatic heterocycles. The van der Waals surface area contributed by atoms with Crippen molar-refractivity contribution < 1.29 is 14.3 Å². The van der Waals surface area contributed by atoms with E-state index in [-0.39, 0.29) is 0 Å². The molecule has 1 amide bonds. The van der Waals surface area contributed by atoms with Crippen LogP contribution in [-0.4, -0.2) is 23.0 Å². The molecule has 114 valence electrons. The fourth-order valence-corrected chi connectivity index (χ4v) is 2.21. The van der Waals surface area contributed by atoms with Crippen LogP contribution in [0.4, 0.5) is 5.82 Å². The van der Waals surface area contributed by atoms with Crippen molar-refractivity contribution in [3.63, 3.8) is 0 Å². The van der Waals surface area contributed by atoms with E-state index in [2.05, 4.69) is 10.3 Å². The quantitative estimate of drug-likeness (QED) is 0.671. The van der Waals surface area contributed by atoms with Crippen LogP contribution < -0.4 is 5.32 Å². The van der Waals surface area contributed by atoms with Gasteiger partial charge in [0, 0.05) is 17.2 Å². The number of thiophene rings is 1. The van der Waals surface area contributed by atoms with Crippen LogP contribution in [0.1, 0.15) is 11.8 Å². The van der Waals surface area contributed by atoms with Crippen LogP contribution in [-0.2, 0) is 14.3 Å². The number of carbonyl (C=O) groups excluding carboxylic acids is 2. The highest BCUT2D eigenvalue weighted by Gasteiger charge is 2.17. The first kappa shape index (κ1) is 16.2. The van der Waals surface area contributed by atoms with Gasteiger partial charge in [0.25, 0.3) is 5.91 Å². The van der Waals surface area contributed by atoms with E-state index >= 15 is 0 Å². The molecule has 1 unspecified atom stereocenters. The van der Waals surface area contributed by atoms with Gasteiger partial charge in [-0.15, -0.1) is 11.3 Å². The Bertz CT molecular complexity index is 669. The highest BCUT2D eigenvalue weighted by atomic mass is 35.5. The Morgan fingerprint density at radius 1 is 1.41 bits per heavy atom. The first-order valence-electron chi connectivity index (χ1n) is 6.39. The molecule has 2 heterocycles. The summed E-state index contributed by atoms with van der Waals surface area (Å²) in [5, 5.41) is 4.91. The summed E-state index contributed by atoms with van der Waals surface area (Å²) in [6.45, 7) is 1.49. The maximum Gasteiger partial charge on any atom is 0.331 e. The van der Waals surface area contributed by atoms with E-state index < -0.39 is 18.0 Å². The first-order chi connectivity index (χ1) is 10.5. The number of nitrogens with zero attached hydrogens (tertiary/aromatic N) is 1. The summed E-state index contributed by atoms with van der Waals surface area (Å²) >= 11 is 7.21. The number of amides is 1. The minimum absolute atomic E-state index is 0.339. The van der Waals surface area contributed by atoms with Crippen molar-refractivity contribution in [3.8, 4) is 0 Å². The van der Waals surface area contributed by atoms with Crippen LogP contribution in [0.5, 0.6) is 0 Å². The number of aromatic nitrogens is 1. The monoisotopic (exact) mass is 336 g/mol. The molecule has 0 bridgehead atoms. The molecule has 0 aromatic carbocycles. The van der Waals surface area contributed by atoms with Gasteiger partial charge in [-0.2, -0.15) is 0 Å². The largest absolute Gasteiger partial charge is 0.449 e. The molecule has 2 rings (SSSR count). The third kappa shape index (κ3) is 4.98. The van der Waals surface area contributed by atoms with Crippen molar-refractivity contribution in [1.29, 1.82) is 0 Å². The van der Waals surface area contributed by atoms with Gasteiger partial charge in [0.15, 0.2) is 6.10 Å². The zero-order valence-electron chi connectivity index (χ0n) is 11.7. The fourth-order valence-electron chi connectivity index (χ4n) is 1.48. The van der Waals surface area contributed by atoms with Gasteiger partial charge in [-0.1, -0.05) is 17.7 Å². The Balaban J connectivity index is 1.85. The summed E-state index contributed by atoms with van der Waals surface area (Å²) in [6.07, 6.45) is 3.41. The second kappa shape index (κ2) is 7.72. The van der Waals surface area contributed by atoms with E-state index in [1.54, 1.807) is 18.2 Å². The van der Waals surface area contributed by atoms with E-state index in [9.17, 15) is 9.59 Å². The zero-order valence-corrected chi connectivity index (χ0v) is 13.2. The Morgan fingerprint density at radius 3 is 2.86 bits per heavy atom. The van der Waals surface area contributed by atoms with Crippen LogP contribution in [0, 0.1) is 0 Å². The Morgan fingerprint density at radius 2 is 2.23 bits per heavy atom. The molecule has 0 radical (unpaired) electrons. The molecule has 5 nitrogen and oxygen atoms in total. The van der Waals surface area contributed by atoms with Gasteiger partial charge in [-0.05, 0) is 36.6 Å². The summed E-state index contributed by atoms with van der Waals surface area (Å²) < 4.78 is 5.02. The van der Waals surface area contributed by atoms with Crippen molar-refractivity contribution in [1.82, 2.24) is 4.98 Å². The summed E-state index contributed by atoms with van der Waals surface area (Å²) in [6, 6.07) is 6.91. The smallest absolute Gasteiger partial charge is 0.331 e. The molecule has 1 atom stereocenters. The number of esters is 1. The van der Waals surface area contributed by atoms with Gasteiger partial charge in [0.2, 0.25) is 0 Å². The zero-order chi connectivity index (χ0) is 15.9. The predicted octanol–water partition coefficient (Wildman–Crippen LogP) is 3.38.